The van der Waals surface area contributed by atoms with Gasteiger partial charge in [-0.05, 0) is 18.2 Å². The summed E-state index contributed by atoms with van der Waals surface area (Å²) in [6, 6.07) is 5.47. The van der Waals surface area contributed by atoms with E-state index in [0.717, 1.165) is 17.9 Å². The van der Waals surface area contributed by atoms with Gasteiger partial charge in [-0.15, -0.1) is 24.0 Å². The minimum Gasteiger partial charge on any atom is -0.368 e. The number of rotatable bonds is 3. The van der Waals surface area contributed by atoms with Crippen molar-refractivity contribution >= 4 is 35.6 Å². The molecule has 0 spiro atoms. The summed E-state index contributed by atoms with van der Waals surface area (Å²) in [7, 11) is 3.53. The van der Waals surface area contributed by atoms with Gasteiger partial charge in [0.1, 0.15) is 12.2 Å². The second kappa shape index (κ2) is 9.43. The van der Waals surface area contributed by atoms with Crippen molar-refractivity contribution in [3.8, 4) is 0 Å². The fraction of sp³-hybridized carbons (Fsp3) is 0.471. The molecule has 1 N–H and O–H groups in total. The molecule has 0 atom stereocenters. The Bertz CT molecular complexity index is 798. The summed E-state index contributed by atoms with van der Waals surface area (Å²) < 4.78 is 40.4. The van der Waals surface area contributed by atoms with E-state index in [1.165, 1.54) is 18.5 Å². The van der Waals surface area contributed by atoms with E-state index in [1.807, 2.05) is 11.9 Å². The third kappa shape index (κ3) is 5.26. The van der Waals surface area contributed by atoms with Crippen LogP contribution in [0.4, 0.5) is 18.9 Å². The Morgan fingerprint density at radius 2 is 1.93 bits per heavy atom. The van der Waals surface area contributed by atoms with Gasteiger partial charge in [0.05, 0.1) is 12.1 Å². The van der Waals surface area contributed by atoms with Gasteiger partial charge in [0.15, 0.2) is 5.96 Å². The lowest BCUT2D eigenvalue weighted by Gasteiger charge is -2.37. The van der Waals surface area contributed by atoms with Gasteiger partial charge in [0, 0.05) is 46.0 Å². The van der Waals surface area contributed by atoms with Crippen LogP contribution in [-0.4, -0.2) is 58.9 Å². The van der Waals surface area contributed by atoms with E-state index < -0.39 is 11.7 Å². The van der Waals surface area contributed by atoms with E-state index in [1.54, 1.807) is 17.8 Å². The van der Waals surface area contributed by atoms with E-state index in [-0.39, 0.29) is 24.0 Å². The van der Waals surface area contributed by atoms with Gasteiger partial charge in [-0.3, -0.25) is 9.67 Å². The molecule has 1 aromatic heterocycles. The van der Waals surface area contributed by atoms with Crippen molar-refractivity contribution in [2.45, 2.75) is 12.7 Å². The number of alkyl halides is 3. The van der Waals surface area contributed by atoms with Gasteiger partial charge in [0.2, 0.25) is 0 Å². The average molecular weight is 509 g/mol. The zero-order valence-electron chi connectivity index (χ0n) is 15.6. The molecule has 11 heteroatoms. The largest absolute Gasteiger partial charge is 0.416 e. The third-order valence-electron chi connectivity index (χ3n) is 4.54. The van der Waals surface area contributed by atoms with Crippen molar-refractivity contribution in [1.82, 2.24) is 25.0 Å². The molecule has 3 rings (SSSR count). The predicted octanol–water partition coefficient (Wildman–Crippen LogP) is 2.35. The number of guanidine groups is 1. The lowest BCUT2D eigenvalue weighted by Crippen LogP contribution is -2.52. The number of aliphatic imine (C=N–C) groups is 1. The first-order valence-corrected chi connectivity index (χ1v) is 8.59. The number of piperazine rings is 1. The molecule has 0 aliphatic carbocycles. The molecule has 2 aromatic rings. The number of hydrogen-bond donors (Lipinski definition) is 1. The molecular formula is C17H23F3IN7. The third-order valence-corrected chi connectivity index (χ3v) is 4.54. The van der Waals surface area contributed by atoms with Crippen LogP contribution in [0.2, 0.25) is 0 Å². The lowest BCUT2D eigenvalue weighted by atomic mass is 10.1. The van der Waals surface area contributed by atoms with E-state index in [2.05, 4.69) is 25.3 Å². The highest BCUT2D eigenvalue weighted by molar-refractivity contribution is 14.0. The quantitative estimate of drug-likeness (QED) is 0.391. The fourth-order valence-electron chi connectivity index (χ4n) is 3.03. The van der Waals surface area contributed by atoms with Crippen LogP contribution < -0.4 is 10.2 Å². The van der Waals surface area contributed by atoms with Crippen molar-refractivity contribution in [2.24, 2.45) is 12.0 Å². The molecule has 28 heavy (non-hydrogen) atoms. The van der Waals surface area contributed by atoms with Crippen molar-refractivity contribution in [3.63, 3.8) is 0 Å². The summed E-state index contributed by atoms with van der Waals surface area (Å²) in [6.07, 6.45) is -2.84. The SMILES string of the molecule is CN=C(NCc1ncnn1C)N1CCN(c2cccc(C(F)(F)F)c2)CC1.I. The first-order chi connectivity index (χ1) is 12.9. The van der Waals surface area contributed by atoms with Gasteiger partial charge in [-0.25, -0.2) is 4.98 Å². The van der Waals surface area contributed by atoms with Crippen LogP contribution in [0, 0.1) is 0 Å². The summed E-state index contributed by atoms with van der Waals surface area (Å²) in [6.45, 7) is 3.05. The summed E-state index contributed by atoms with van der Waals surface area (Å²) in [5, 5.41) is 7.28. The monoisotopic (exact) mass is 509 g/mol. The van der Waals surface area contributed by atoms with Gasteiger partial charge in [-0.1, -0.05) is 6.07 Å². The highest BCUT2D eigenvalue weighted by atomic mass is 127. The number of aromatic nitrogens is 3. The van der Waals surface area contributed by atoms with Crippen molar-refractivity contribution in [3.05, 3.63) is 42.0 Å². The normalized spacial score (nSPS) is 15.4. The Morgan fingerprint density at radius 3 is 2.50 bits per heavy atom. The average Bonchev–Trinajstić information content (AvgIpc) is 3.07. The van der Waals surface area contributed by atoms with E-state index >= 15 is 0 Å². The lowest BCUT2D eigenvalue weighted by molar-refractivity contribution is -0.137. The molecule has 2 heterocycles. The molecule has 1 aliphatic rings. The summed E-state index contributed by atoms with van der Waals surface area (Å²) >= 11 is 0. The van der Waals surface area contributed by atoms with Gasteiger partial charge in [-0.2, -0.15) is 18.3 Å². The van der Waals surface area contributed by atoms with E-state index in [0.29, 0.717) is 38.4 Å². The molecule has 0 unspecified atom stereocenters. The molecule has 0 saturated carbocycles. The first-order valence-electron chi connectivity index (χ1n) is 8.59. The molecule has 1 fully saturated rings. The maximum absolute atomic E-state index is 12.9. The van der Waals surface area contributed by atoms with Gasteiger partial charge < -0.3 is 15.1 Å². The summed E-state index contributed by atoms with van der Waals surface area (Å²) in [4.78, 5) is 12.5. The molecule has 1 saturated heterocycles. The first kappa shape index (κ1) is 22.2. The van der Waals surface area contributed by atoms with E-state index in [4.69, 9.17) is 0 Å². The number of halogens is 4. The standard InChI is InChI=1S/C17H22F3N7.HI/c1-21-16(22-11-15-23-12-24-25(15)2)27-8-6-26(7-9-27)14-5-3-4-13(10-14)17(18,19)20;/h3-5,10,12H,6-9,11H2,1-2H3,(H,21,22);1H. The maximum Gasteiger partial charge on any atom is 0.416 e. The van der Waals surface area contributed by atoms with Crippen LogP contribution in [0.1, 0.15) is 11.4 Å². The highest BCUT2D eigenvalue weighted by Gasteiger charge is 2.31. The predicted molar refractivity (Wildman–Crippen MR) is 112 cm³/mol. The van der Waals surface area contributed by atoms with Crippen molar-refractivity contribution in [1.29, 1.82) is 0 Å². The number of nitrogens with one attached hydrogen (secondary N) is 1. The van der Waals surface area contributed by atoms with Crippen molar-refractivity contribution in [2.75, 3.05) is 38.1 Å². The van der Waals surface area contributed by atoms with Crippen LogP contribution in [0.5, 0.6) is 0 Å². The number of anilines is 1. The maximum atomic E-state index is 12.9. The Hall–Kier alpha value is -2.05. The highest BCUT2D eigenvalue weighted by Crippen LogP contribution is 2.31. The number of nitrogens with zero attached hydrogens (tertiary/aromatic N) is 6. The zero-order valence-corrected chi connectivity index (χ0v) is 18.0. The molecule has 154 valence electrons. The Balaban J connectivity index is 0.00000280. The Morgan fingerprint density at radius 1 is 1.21 bits per heavy atom. The molecular weight excluding hydrogens is 486 g/mol. The fourth-order valence-corrected chi connectivity index (χ4v) is 3.03. The number of benzene rings is 1. The second-order valence-corrected chi connectivity index (χ2v) is 6.22. The molecule has 1 aliphatic heterocycles. The van der Waals surface area contributed by atoms with Crippen LogP contribution in [-0.2, 0) is 19.8 Å². The molecule has 0 bridgehead atoms. The minimum absolute atomic E-state index is 0. The van der Waals surface area contributed by atoms with Crippen LogP contribution in [0.3, 0.4) is 0 Å². The Labute approximate surface area is 178 Å². The van der Waals surface area contributed by atoms with Crippen LogP contribution >= 0.6 is 24.0 Å². The Kier molecular flexibility index (Phi) is 7.49. The molecule has 7 nitrogen and oxygen atoms in total. The van der Waals surface area contributed by atoms with Crippen LogP contribution in [0.15, 0.2) is 35.6 Å². The van der Waals surface area contributed by atoms with Gasteiger partial charge >= 0.3 is 6.18 Å². The smallest absolute Gasteiger partial charge is 0.368 e. The molecule has 0 amide bonds. The van der Waals surface area contributed by atoms with E-state index in [9.17, 15) is 13.2 Å². The molecule has 1 aromatic carbocycles. The zero-order chi connectivity index (χ0) is 19.4. The van der Waals surface area contributed by atoms with Crippen LogP contribution in [0.25, 0.3) is 0 Å². The summed E-state index contributed by atoms with van der Waals surface area (Å²) in [5.41, 5.74) is -0.0323. The second-order valence-electron chi connectivity index (χ2n) is 6.22. The summed E-state index contributed by atoms with van der Waals surface area (Å²) in [5.74, 6) is 1.53. The minimum atomic E-state index is -4.33. The van der Waals surface area contributed by atoms with Gasteiger partial charge in [0.25, 0.3) is 0 Å². The molecule has 0 radical (unpaired) electrons. The number of hydrogen-bond acceptors (Lipinski definition) is 4. The topological polar surface area (TPSA) is 61.6 Å². The van der Waals surface area contributed by atoms with Crippen molar-refractivity contribution < 1.29 is 13.2 Å². The number of aryl methyl sites for hydroxylation is 1.